The fourth-order valence-corrected chi connectivity index (χ4v) is 0.823. The summed E-state index contributed by atoms with van der Waals surface area (Å²) < 4.78 is 9.39. The Morgan fingerprint density at radius 3 is 2.19 bits per heavy atom. The van der Waals surface area contributed by atoms with E-state index in [1.165, 1.54) is 0 Å². The molecule has 92 valence electrons. The second-order valence-electron chi connectivity index (χ2n) is 3.23. The first-order valence-corrected chi connectivity index (χ1v) is 5.25. The Labute approximate surface area is 95.0 Å². The van der Waals surface area contributed by atoms with Crippen molar-refractivity contribution >= 4 is 11.9 Å². The van der Waals surface area contributed by atoms with Crippen LogP contribution in [0.1, 0.15) is 26.7 Å². The van der Waals surface area contributed by atoms with Crippen molar-refractivity contribution in [1.29, 1.82) is 0 Å². The Kier molecular flexibility index (Phi) is 7.20. The van der Waals surface area contributed by atoms with E-state index in [-0.39, 0.29) is 18.8 Å². The molecule has 0 radical (unpaired) electrons. The van der Waals surface area contributed by atoms with Crippen LogP contribution in [0.3, 0.4) is 0 Å². The normalized spacial score (nSPS) is 11.7. The molecule has 5 nitrogen and oxygen atoms in total. The number of hydrogen-bond acceptors (Lipinski definition) is 5. The summed E-state index contributed by atoms with van der Waals surface area (Å²) in [4.78, 5) is 22.4. The molecule has 1 unspecified atom stereocenters. The SMILES string of the molecule is C=C(C(=O)OCCC)C(O)C(=O)OCCC. The van der Waals surface area contributed by atoms with Gasteiger partial charge in [0, 0.05) is 0 Å². The van der Waals surface area contributed by atoms with Gasteiger partial charge >= 0.3 is 11.9 Å². The molecule has 5 heteroatoms. The Morgan fingerprint density at radius 1 is 1.19 bits per heavy atom. The highest BCUT2D eigenvalue weighted by Crippen LogP contribution is 2.05. The lowest BCUT2D eigenvalue weighted by Gasteiger charge is -2.12. The largest absolute Gasteiger partial charge is 0.464 e. The van der Waals surface area contributed by atoms with Crippen LogP contribution in [0.4, 0.5) is 0 Å². The van der Waals surface area contributed by atoms with Crippen molar-refractivity contribution in [3.05, 3.63) is 12.2 Å². The van der Waals surface area contributed by atoms with Crippen LogP contribution >= 0.6 is 0 Å². The summed E-state index contributed by atoms with van der Waals surface area (Å²) >= 11 is 0. The average molecular weight is 230 g/mol. The zero-order valence-electron chi connectivity index (χ0n) is 9.69. The lowest BCUT2D eigenvalue weighted by Crippen LogP contribution is -2.29. The second kappa shape index (κ2) is 7.87. The standard InChI is InChI=1S/C11H18O5/c1-4-6-15-10(13)8(3)9(12)11(14)16-7-5-2/h9,12H,3-7H2,1-2H3. The van der Waals surface area contributed by atoms with Crippen LogP contribution in [-0.4, -0.2) is 36.4 Å². The Hall–Kier alpha value is -1.36. The molecule has 0 aromatic heterocycles. The highest BCUT2D eigenvalue weighted by molar-refractivity contribution is 5.96. The lowest BCUT2D eigenvalue weighted by molar-refractivity contribution is -0.154. The maximum atomic E-state index is 11.2. The van der Waals surface area contributed by atoms with Crippen LogP contribution in [0.15, 0.2) is 12.2 Å². The van der Waals surface area contributed by atoms with Crippen molar-refractivity contribution in [2.45, 2.75) is 32.8 Å². The van der Waals surface area contributed by atoms with Crippen molar-refractivity contribution in [2.24, 2.45) is 0 Å². The van der Waals surface area contributed by atoms with E-state index < -0.39 is 18.0 Å². The molecular formula is C11H18O5. The number of aliphatic hydroxyl groups excluding tert-OH is 1. The molecule has 0 heterocycles. The predicted octanol–water partition coefficient (Wildman–Crippen LogP) is 0.810. The highest BCUT2D eigenvalue weighted by Gasteiger charge is 2.25. The minimum Gasteiger partial charge on any atom is -0.464 e. The molecule has 0 aliphatic carbocycles. The average Bonchev–Trinajstić information content (AvgIpc) is 2.30. The number of carbonyl (C=O) groups excluding carboxylic acids is 2. The minimum atomic E-state index is -1.64. The van der Waals surface area contributed by atoms with Crippen molar-refractivity contribution in [2.75, 3.05) is 13.2 Å². The van der Waals surface area contributed by atoms with Gasteiger partial charge in [-0.15, -0.1) is 0 Å². The molecule has 0 rings (SSSR count). The Balaban J connectivity index is 4.15. The molecule has 0 bridgehead atoms. The van der Waals surface area contributed by atoms with Crippen LogP contribution in [-0.2, 0) is 19.1 Å². The summed E-state index contributed by atoms with van der Waals surface area (Å²) in [5, 5.41) is 9.41. The van der Waals surface area contributed by atoms with Crippen LogP contribution < -0.4 is 0 Å². The third-order valence-corrected chi connectivity index (χ3v) is 1.70. The fourth-order valence-electron chi connectivity index (χ4n) is 0.823. The Morgan fingerprint density at radius 2 is 1.69 bits per heavy atom. The first kappa shape index (κ1) is 14.6. The maximum Gasteiger partial charge on any atom is 0.339 e. The molecule has 0 saturated carbocycles. The molecule has 1 N–H and O–H groups in total. The van der Waals surface area contributed by atoms with Gasteiger partial charge in [0.2, 0.25) is 0 Å². The van der Waals surface area contributed by atoms with Crippen LogP contribution in [0, 0.1) is 0 Å². The third-order valence-electron chi connectivity index (χ3n) is 1.70. The molecule has 0 aromatic carbocycles. The number of aliphatic hydroxyl groups is 1. The Bertz CT molecular complexity index is 259. The van der Waals surface area contributed by atoms with Crippen molar-refractivity contribution < 1.29 is 24.2 Å². The number of rotatable bonds is 7. The molecule has 0 amide bonds. The molecule has 0 fully saturated rings. The van der Waals surface area contributed by atoms with E-state index in [1.54, 1.807) is 0 Å². The minimum absolute atomic E-state index is 0.202. The topological polar surface area (TPSA) is 72.8 Å². The van der Waals surface area contributed by atoms with E-state index in [0.717, 1.165) is 0 Å². The fraction of sp³-hybridized carbons (Fsp3) is 0.636. The molecule has 0 aliphatic rings. The summed E-state index contributed by atoms with van der Waals surface area (Å²) in [7, 11) is 0. The maximum absolute atomic E-state index is 11.2. The molecule has 0 aliphatic heterocycles. The van der Waals surface area contributed by atoms with E-state index in [1.807, 2.05) is 13.8 Å². The molecule has 1 atom stereocenters. The number of ether oxygens (including phenoxy) is 2. The van der Waals surface area contributed by atoms with Gasteiger partial charge in [-0.1, -0.05) is 20.4 Å². The zero-order valence-corrected chi connectivity index (χ0v) is 9.69. The van der Waals surface area contributed by atoms with Crippen LogP contribution in [0.5, 0.6) is 0 Å². The molecule has 16 heavy (non-hydrogen) atoms. The smallest absolute Gasteiger partial charge is 0.339 e. The summed E-state index contributed by atoms with van der Waals surface area (Å²) in [6, 6.07) is 0. The van der Waals surface area contributed by atoms with Crippen molar-refractivity contribution in [1.82, 2.24) is 0 Å². The van der Waals surface area contributed by atoms with Crippen LogP contribution in [0.2, 0.25) is 0 Å². The van der Waals surface area contributed by atoms with Gasteiger partial charge in [-0.2, -0.15) is 0 Å². The first-order valence-electron chi connectivity index (χ1n) is 5.25. The van der Waals surface area contributed by atoms with Crippen molar-refractivity contribution in [3.63, 3.8) is 0 Å². The quantitative estimate of drug-likeness (QED) is 0.517. The van der Waals surface area contributed by atoms with E-state index in [9.17, 15) is 14.7 Å². The number of hydrogen-bond donors (Lipinski definition) is 1. The monoisotopic (exact) mass is 230 g/mol. The van der Waals surface area contributed by atoms with Gasteiger partial charge < -0.3 is 14.6 Å². The summed E-state index contributed by atoms with van der Waals surface area (Å²) in [5.41, 5.74) is -0.297. The van der Waals surface area contributed by atoms with Crippen molar-refractivity contribution in [3.8, 4) is 0 Å². The second-order valence-corrected chi connectivity index (χ2v) is 3.23. The van der Waals surface area contributed by atoms with Gasteiger partial charge in [0.25, 0.3) is 0 Å². The lowest BCUT2D eigenvalue weighted by atomic mass is 10.2. The molecule has 0 aromatic rings. The predicted molar refractivity (Wildman–Crippen MR) is 57.6 cm³/mol. The van der Waals surface area contributed by atoms with Gasteiger partial charge in [-0.3, -0.25) is 0 Å². The first-order chi connectivity index (χ1) is 7.54. The van der Waals surface area contributed by atoms with Gasteiger partial charge in [0.15, 0.2) is 6.10 Å². The molecule has 0 saturated heterocycles. The summed E-state index contributed by atoms with van der Waals surface area (Å²) in [6.45, 7) is 7.40. The number of esters is 2. The third kappa shape index (κ3) is 4.93. The van der Waals surface area contributed by atoms with Gasteiger partial charge in [-0.05, 0) is 12.8 Å². The molecule has 0 spiro atoms. The summed E-state index contributed by atoms with van der Waals surface area (Å²) in [6.07, 6.45) is -0.337. The van der Waals surface area contributed by atoms with Gasteiger partial charge in [0.05, 0.1) is 18.8 Å². The summed E-state index contributed by atoms with van der Waals surface area (Å²) in [5.74, 6) is -1.65. The highest BCUT2D eigenvalue weighted by atomic mass is 16.6. The van der Waals surface area contributed by atoms with E-state index in [2.05, 4.69) is 11.3 Å². The van der Waals surface area contributed by atoms with Crippen LogP contribution in [0.25, 0.3) is 0 Å². The molecular weight excluding hydrogens is 212 g/mol. The van der Waals surface area contributed by atoms with E-state index in [0.29, 0.717) is 12.8 Å². The van der Waals surface area contributed by atoms with Gasteiger partial charge in [0.1, 0.15) is 0 Å². The number of carbonyl (C=O) groups is 2. The van der Waals surface area contributed by atoms with Gasteiger partial charge in [-0.25, -0.2) is 9.59 Å². The van der Waals surface area contributed by atoms with E-state index in [4.69, 9.17) is 4.74 Å². The zero-order chi connectivity index (χ0) is 12.6. The van der Waals surface area contributed by atoms with E-state index >= 15 is 0 Å².